The number of benzene rings is 1. The summed E-state index contributed by atoms with van der Waals surface area (Å²) in [6.45, 7) is -1.48. The molecule has 1 heterocycles. The van der Waals surface area contributed by atoms with Gasteiger partial charge in [-0.2, -0.15) is 0 Å². The molecule has 0 bridgehead atoms. The Hall–Kier alpha value is -1.69. The maximum atomic E-state index is 12.9. The molecule has 0 aromatic heterocycles. The summed E-state index contributed by atoms with van der Waals surface area (Å²) in [5, 5.41) is 13.8. The van der Waals surface area contributed by atoms with Crippen LogP contribution in [0.4, 0.5) is 14.5 Å². The van der Waals surface area contributed by atoms with Crippen LogP contribution in [0, 0.1) is 0 Å². The monoisotopic (exact) mass is 270 g/mol. The van der Waals surface area contributed by atoms with Crippen molar-refractivity contribution < 1.29 is 18.7 Å². The van der Waals surface area contributed by atoms with Crippen LogP contribution in [0.5, 0.6) is 0 Å². The van der Waals surface area contributed by atoms with E-state index in [4.69, 9.17) is 5.11 Å². The third-order valence-electron chi connectivity index (χ3n) is 3.15. The number of alkyl halides is 2. The number of para-hydroxylation sites is 1. The first-order chi connectivity index (χ1) is 9.03. The molecule has 104 valence electrons. The summed E-state index contributed by atoms with van der Waals surface area (Å²) in [4.78, 5) is 12.0. The van der Waals surface area contributed by atoms with Crippen LogP contribution in [0.3, 0.4) is 0 Å². The summed E-state index contributed by atoms with van der Waals surface area (Å²) < 4.78 is 25.8. The second-order valence-electron chi connectivity index (χ2n) is 4.59. The molecule has 0 radical (unpaired) electrons. The first-order valence-corrected chi connectivity index (χ1v) is 6.13. The van der Waals surface area contributed by atoms with Gasteiger partial charge in [-0.3, -0.25) is 4.79 Å². The number of carbonyl (C=O) groups is 1. The van der Waals surface area contributed by atoms with Gasteiger partial charge in [0.05, 0.1) is 12.5 Å². The van der Waals surface area contributed by atoms with Crippen molar-refractivity contribution in [3.8, 4) is 0 Å². The molecule has 1 atom stereocenters. The lowest BCUT2D eigenvalue weighted by Gasteiger charge is -2.26. The van der Waals surface area contributed by atoms with E-state index in [-0.39, 0.29) is 0 Å². The maximum absolute atomic E-state index is 12.9. The normalized spacial score (nSPS) is 18.4. The quantitative estimate of drug-likeness (QED) is 0.773. The van der Waals surface area contributed by atoms with Crippen LogP contribution in [0.15, 0.2) is 24.3 Å². The molecule has 1 aromatic rings. The van der Waals surface area contributed by atoms with Crippen LogP contribution in [-0.2, 0) is 4.79 Å². The van der Waals surface area contributed by atoms with Gasteiger partial charge in [0.15, 0.2) is 0 Å². The minimum Gasteiger partial charge on any atom is -0.390 e. The lowest BCUT2D eigenvalue weighted by molar-refractivity contribution is -0.125. The highest BCUT2D eigenvalue weighted by Crippen LogP contribution is 2.31. The second-order valence-corrected chi connectivity index (χ2v) is 4.59. The molecule has 0 fully saturated rings. The van der Waals surface area contributed by atoms with Gasteiger partial charge < -0.3 is 15.7 Å². The van der Waals surface area contributed by atoms with E-state index in [1.165, 1.54) is 0 Å². The fourth-order valence-electron chi connectivity index (χ4n) is 2.14. The number of hydrogen-bond acceptors (Lipinski definition) is 3. The van der Waals surface area contributed by atoms with E-state index in [2.05, 4.69) is 10.6 Å². The number of halogens is 2. The number of aliphatic hydroxyl groups excluding tert-OH is 1. The molecule has 0 spiro atoms. The standard InChI is InChI=1S/C13H16F2N2O2/c14-13(15,8-18)7-17-12(19)10-5-6-16-11-4-2-1-3-9(10)11/h1-4,10,16,18H,5-8H2,(H,17,19). The van der Waals surface area contributed by atoms with E-state index in [1.54, 1.807) is 0 Å². The first kappa shape index (κ1) is 13.7. The van der Waals surface area contributed by atoms with E-state index in [0.29, 0.717) is 13.0 Å². The minimum atomic E-state index is -3.28. The molecule has 1 amide bonds. The van der Waals surface area contributed by atoms with Crippen molar-refractivity contribution >= 4 is 11.6 Å². The molecular formula is C13H16F2N2O2. The molecule has 0 aliphatic carbocycles. The predicted octanol–water partition coefficient (Wildman–Crippen LogP) is 1.33. The SMILES string of the molecule is O=C(NCC(F)(F)CO)C1CCNc2ccccc21. The molecule has 2 rings (SSSR count). The number of anilines is 1. The molecule has 6 heteroatoms. The first-order valence-electron chi connectivity index (χ1n) is 6.13. The Morgan fingerprint density at radius 1 is 1.47 bits per heavy atom. The highest BCUT2D eigenvalue weighted by atomic mass is 19.3. The van der Waals surface area contributed by atoms with Crippen molar-refractivity contribution in [2.24, 2.45) is 0 Å². The zero-order chi connectivity index (χ0) is 13.9. The third-order valence-corrected chi connectivity index (χ3v) is 3.15. The summed E-state index contributed by atoms with van der Waals surface area (Å²) in [6.07, 6.45) is 0.563. The maximum Gasteiger partial charge on any atom is 0.287 e. The Morgan fingerprint density at radius 2 is 2.21 bits per heavy atom. The zero-order valence-corrected chi connectivity index (χ0v) is 10.3. The van der Waals surface area contributed by atoms with Crippen LogP contribution in [-0.4, -0.2) is 36.6 Å². The molecule has 1 aliphatic rings. The second kappa shape index (κ2) is 5.52. The molecule has 0 saturated carbocycles. The van der Waals surface area contributed by atoms with E-state index in [0.717, 1.165) is 11.3 Å². The van der Waals surface area contributed by atoms with Crippen LogP contribution in [0.2, 0.25) is 0 Å². The van der Waals surface area contributed by atoms with Gasteiger partial charge in [0.1, 0.15) is 6.61 Å². The summed E-state index contributed by atoms with van der Waals surface area (Å²) >= 11 is 0. The lowest BCUT2D eigenvalue weighted by Crippen LogP contribution is -2.42. The third kappa shape index (κ3) is 3.20. The van der Waals surface area contributed by atoms with Gasteiger partial charge in [-0.25, -0.2) is 8.78 Å². The van der Waals surface area contributed by atoms with Crippen LogP contribution in [0.25, 0.3) is 0 Å². The van der Waals surface area contributed by atoms with Crippen molar-refractivity contribution in [1.29, 1.82) is 0 Å². The summed E-state index contributed by atoms with van der Waals surface area (Å²) in [7, 11) is 0. The van der Waals surface area contributed by atoms with Gasteiger partial charge in [0.2, 0.25) is 5.91 Å². The number of hydrogen-bond donors (Lipinski definition) is 3. The molecule has 1 aromatic carbocycles. The Labute approximate surface area is 109 Å². The molecule has 3 N–H and O–H groups in total. The van der Waals surface area contributed by atoms with Gasteiger partial charge in [-0.05, 0) is 18.1 Å². The van der Waals surface area contributed by atoms with Crippen LogP contribution < -0.4 is 10.6 Å². The fraction of sp³-hybridized carbons (Fsp3) is 0.462. The molecular weight excluding hydrogens is 254 g/mol. The average molecular weight is 270 g/mol. The van der Waals surface area contributed by atoms with Crippen molar-refractivity contribution in [1.82, 2.24) is 5.32 Å². The summed E-state index contributed by atoms with van der Waals surface area (Å²) in [6, 6.07) is 7.34. The summed E-state index contributed by atoms with van der Waals surface area (Å²) in [5.74, 6) is -4.13. The Balaban J connectivity index is 2.05. The predicted molar refractivity (Wildman–Crippen MR) is 67.3 cm³/mol. The Morgan fingerprint density at radius 3 is 2.95 bits per heavy atom. The topological polar surface area (TPSA) is 61.4 Å². The van der Waals surface area contributed by atoms with Crippen LogP contribution in [0.1, 0.15) is 17.9 Å². The Kier molecular flexibility index (Phi) is 3.99. The molecule has 0 saturated heterocycles. The lowest BCUT2D eigenvalue weighted by atomic mass is 9.90. The van der Waals surface area contributed by atoms with E-state index < -0.39 is 30.9 Å². The van der Waals surface area contributed by atoms with Crippen molar-refractivity contribution in [2.75, 3.05) is 25.0 Å². The van der Waals surface area contributed by atoms with Crippen LogP contribution >= 0.6 is 0 Å². The average Bonchev–Trinajstić information content (AvgIpc) is 2.44. The zero-order valence-electron chi connectivity index (χ0n) is 10.3. The number of amides is 1. The van der Waals surface area contributed by atoms with Crippen molar-refractivity contribution in [2.45, 2.75) is 18.3 Å². The number of aliphatic hydroxyl groups is 1. The van der Waals surface area contributed by atoms with E-state index in [9.17, 15) is 13.6 Å². The van der Waals surface area contributed by atoms with Gasteiger partial charge in [-0.15, -0.1) is 0 Å². The Bertz CT molecular complexity index is 466. The number of rotatable bonds is 4. The van der Waals surface area contributed by atoms with Gasteiger partial charge in [-0.1, -0.05) is 18.2 Å². The molecule has 4 nitrogen and oxygen atoms in total. The highest BCUT2D eigenvalue weighted by Gasteiger charge is 2.31. The molecule has 1 aliphatic heterocycles. The smallest absolute Gasteiger partial charge is 0.287 e. The summed E-state index contributed by atoms with van der Waals surface area (Å²) in [5.41, 5.74) is 1.68. The number of fused-ring (bicyclic) bond motifs is 1. The van der Waals surface area contributed by atoms with Crippen molar-refractivity contribution in [3.63, 3.8) is 0 Å². The molecule has 1 unspecified atom stereocenters. The minimum absolute atomic E-state index is 0.424. The van der Waals surface area contributed by atoms with Crippen molar-refractivity contribution in [3.05, 3.63) is 29.8 Å². The largest absolute Gasteiger partial charge is 0.390 e. The van der Waals surface area contributed by atoms with Gasteiger partial charge >= 0.3 is 0 Å². The number of carbonyl (C=O) groups excluding carboxylic acids is 1. The van der Waals surface area contributed by atoms with Gasteiger partial charge in [0, 0.05) is 12.2 Å². The fourth-order valence-corrected chi connectivity index (χ4v) is 2.14. The van der Waals surface area contributed by atoms with E-state index >= 15 is 0 Å². The highest BCUT2D eigenvalue weighted by molar-refractivity contribution is 5.86. The van der Waals surface area contributed by atoms with E-state index in [1.807, 2.05) is 24.3 Å². The molecule has 19 heavy (non-hydrogen) atoms. The number of nitrogens with one attached hydrogen (secondary N) is 2. The van der Waals surface area contributed by atoms with Gasteiger partial charge in [0.25, 0.3) is 5.92 Å².